The summed E-state index contributed by atoms with van der Waals surface area (Å²) in [4.78, 5) is 29.2. The lowest BCUT2D eigenvalue weighted by molar-refractivity contribution is -0.121. The lowest BCUT2D eigenvalue weighted by Gasteiger charge is -2.36. The zero-order valence-electron chi connectivity index (χ0n) is 23.7. The molecule has 1 N–H and O–H groups in total. The van der Waals surface area contributed by atoms with Crippen molar-refractivity contribution < 1.29 is 14.3 Å². The van der Waals surface area contributed by atoms with Crippen molar-refractivity contribution in [2.24, 2.45) is 0 Å². The van der Waals surface area contributed by atoms with Gasteiger partial charge in [0.2, 0.25) is 5.91 Å². The Kier molecular flexibility index (Phi) is 9.48. The zero-order chi connectivity index (χ0) is 28.4. The first-order valence-corrected chi connectivity index (χ1v) is 14.7. The smallest absolute Gasteiger partial charge is 0.254 e. The molecule has 2 amide bonds. The number of hydrogen-bond acceptors (Lipinski definition) is 3. The van der Waals surface area contributed by atoms with E-state index in [2.05, 4.69) is 24.4 Å². The van der Waals surface area contributed by atoms with Crippen LogP contribution in [0.5, 0.6) is 11.5 Å². The van der Waals surface area contributed by atoms with E-state index in [0.717, 1.165) is 23.2 Å². The van der Waals surface area contributed by atoms with Crippen LogP contribution in [-0.4, -0.2) is 22.8 Å². The lowest BCUT2D eigenvalue weighted by atomic mass is 9.92. The molecule has 0 aliphatic carbocycles. The summed E-state index contributed by atoms with van der Waals surface area (Å²) in [7, 11) is 0. The lowest BCUT2D eigenvalue weighted by Crippen LogP contribution is -2.50. The Morgan fingerprint density at radius 1 is 0.780 bits per heavy atom. The number of carbonyl (C=O) groups excluding carboxylic acids is 2. The van der Waals surface area contributed by atoms with Crippen molar-refractivity contribution in [2.75, 3.05) is 5.32 Å². The molecule has 5 heteroatoms. The summed E-state index contributed by atoms with van der Waals surface area (Å²) in [5, 5.41) is 3.08. The Bertz CT molecular complexity index is 1450. The highest BCUT2D eigenvalue weighted by atomic mass is 16.5. The second kappa shape index (κ2) is 13.8. The van der Waals surface area contributed by atoms with Crippen molar-refractivity contribution in [1.82, 2.24) is 4.90 Å². The maximum atomic E-state index is 13.9. The molecule has 0 unspecified atom stereocenters. The van der Waals surface area contributed by atoms with Gasteiger partial charge in [0.25, 0.3) is 5.91 Å². The number of amides is 2. The van der Waals surface area contributed by atoms with Gasteiger partial charge in [-0.05, 0) is 72.0 Å². The molecule has 4 aromatic rings. The average Bonchev–Trinajstić information content (AvgIpc) is 3.01. The van der Waals surface area contributed by atoms with Gasteiger partial charge in [0.1, 0.15) is 17.5 Å². The number of anilines is 1. The molecule has 1 atom stereocenters. The van der Waals surface area contributed by atoms with E-state index in [1.54, 1.807) is 17.0 Å². The van der Waals surface area contributed by atoms with Crippen LogP contribution in [0.3, 0.4) is 0 Å². The number of nitrogens with zero attached hydrogens (tertiary/aromatic N) is 1. The maximum absolute atomic E-state index is 13.9. The summed E-state index contributed by atoms with van der Waals surface area (Å²) in [6.45, 7) is 2.60. The molecule has 210 valence electrons. The third kappa shape index (κ3) is 7.43. The van der Waals surface area contributed by atoms with Gasteiger partial charge in [0, 0.05) is 24.2 Å². The molecule has 1 heterocycles. The Labute approximate surface area is 243 Å². The van der Waals surface area contributed by atoms with E-state index in [0.29, 0.717) is 30.0 Å². The SMILES string of the molecule is CCCCCCCc1ccc(NC(=O)[C@H]2Cc3ccccc3CN2C(=O)c2cccc(Oc3ccccc3)c2)cc1. The van der Waals surface area contributed by atoms with Crippen molar-refractivity contribution >= 4 is 17.5 Å². The number of ether oxygens (including phenoxy) is 1. The minimum Gasteiger partial charge on any atom is -0.457 e. The quantitative estimate of drug-likeness (QED) is 0.193. The second-order valence-electron chi connectivity index (χ2n) is 10.7. The van der Waals surface area contributed by atoms with Crippen LogP contribution < -0.4 is 10.1 Å². The average molecular weight is 547 g/mol. The molecule has 5 nitrogen and oxygen atoms in total. The number of para-hydroxylation sites is 1. The minimum atomic E-state index is -0.630. The van der Waals surface area contributed by atoms with Crippen molar-refractivity contribution in [3.63, 3.8) is 0 Å². The van der Waals surface area contributed by atoms with E-state index >= 15 is 0 Å². The largest absolute Gasteiger partial charge is 0.457 e. The third-order valence-electron chi connectivity index (χ3n) is 7.66. The monoisotopic (exact) mass is 546 g/mol. The van der Waals surface area contributed by atoms with E-state index in [9.17, 15) is 9.59 Å². The number of aryl methyl sites for hydroxylation is 1. The summed E-state index contributed by atoms with van der Waals surface area (Å²) >= 11 is 0. The van der Waals surface area contributed by atoms with Crippen molar-refractivity contribution in [3.8, 4) is 11.5 Å². The van der Waals surface area contributed by atoms with Gasteiger partial charge in [-0.2, -0.15) is 0 Å². The summed E-state index contributed by atoms with van der Waals surface area (Å²) in [6.07, 6.45) is 7.77. The molecule has 4 aromatic carbocycles. The Morgan fingerprint density at radius 3 is 2.27 bits per heavy atom. The van der Waals surface area contributed by atoms with E-state index in [4.69, 9.17) is 4.74 Å². The Balaban J connectivity index is 1.30. The molecule has 0 saturated carbocycles. The molecule has 41 heavy (non-hydrogen) atoms. The highest BCUT2D eigenvalue weighted by Crippen LogP contribution is 2.28. The summed E-state index contributed by atoms with van der Waals surface area (Å²) in [5.74, 6) is 0.892. The van der Waals surface area contributed by atoms with Crippen molar-refractivity contribution in [2.45, 2.75) is 64.5 Å². The van der Waals surface area contributed by atoms with Crippen molar-refractivity contribution in [1.29, 1.82) is 0 Å². The van der Waals surface area contributed by atoms with E-state index in [1.807, 2.05) is 78.9 Å². The molecule has 0 fully saturated rings. The highest BCUT2D eigenvalue weighted by Gasteiger charge is 2.35. The van der Waals surface area contributed by atoms with Crippen LogP contribution in [0.15, 0.2) is 103 Å². The van der Waals surface area contributed by atoms with Crippen molar-refractivity contribution in [3.05, 3.63) is 125 Å². The second-order valence-corrected chi connectivity index (χ2v) is 10.7. The molecular formula is C36H38N2O3. The normalized spacial score (nSPS) is 14.3. The fraction of sp³-hybridized carbons (Fsp3) is 0.278. The standard InChI is InChI=1S/C36H38N2O3/c1-2-3-4-5-7-13-27-20-22-31(23-21-27)37-35(39)34-25-28-14-10-11-15-30(28)26-38(34)36(40)29-16-12-19-33(24-29)41-32-17-8-6-9-18-32/h6,8-12,14-24,34H,2-5,7,13,25-26H2,1H3,(H,37,39)/t34-/m1/s1. The maximum Gasteiger partial charge on any atom is 0.254 e. The molecule has 1 aliphatic rings. The summed E-state index contributed by atoms with van der Waals surface area (Å²) < 4.78 is 5.97. The van der Waals surface area contributed by atoms with Crippen LogP contribution in [0.4, 0.5) is 5.69 Å². The van der Waals surface area contributed by atoms with E-state index in [1.165, 1.54) is 37.7 Å². The summed E-state index contributed by atoms with van der Waals surface area (Å²) in [5.41, 5.74) is 4.66. The molecule has 0 saturated heterocycles. The number of unbranched alkanes of at least 4 members (excludes halogenated alkanes) is 4. The van der Waals surface area contributed by atoms with Gasteiger partial charge in [0.15, 0.2) is 0 Å². The van der Waals surface area contributed by atoms with Gasteiger partial charge < -0.3 is 15.0 Å². The minimum absolute atomic E-state index is 0.183. The van der Waals surface area contributed by atoms with Gasteiger partial charge in [0.05, 0.1) is 0 Å². The fourth-order valence-corrected chi connectivity index (χ4v) is 5.37. The topological polar surface area (TPSA) is 58.6 Å². The zero-order valence-corrected chi connectivity index (χ0v) is 23.7. The third-order valence-corrected chi connectivity index (χ3v) is 7.66. The highest BCUT2D eigenvalue weighted by molar-refractivity contribution is 6.01. The fourth-order valence-electron chi connectivity index (χ4n) is 5.37. The van der Waals surface area contributed by atoms with Gasteiger partial charge in [-0.15, -0.1) is 0 Å². The molecule has 1 aliphatic heterocycles. The first kappa shape index (κ1) is 28.2. The van der Waals surface area contributed by atoms with Gasteiger partial charge in [-0.3, -0.25) is 9.59 Å². The van der Waals surface area contributed by atoms with Crippen LogP contribution in [0.1, 0.15) is 66.1 Å². The molecule has 0 spiro atoms. The van der Waals surface area contributed by atoms with Gasteiger partial charge in [-0.25, -0.2) is 0 Å². The number of benzene rings is 4. The van der Waals surface area contributed by atoms with Crippen LogP contribution in [0.2, 0.25) is 0 Å². The number of hydrogen-bond donors (Lipinski definition) is 1. The number of rotatable bonds is 11. The Morgan fingerprint density at radius 2 is 1.49 bits per heavy atom. The molecule has 0 bridgehead atoms. The first-order valence-electron chi connectivity index (χ1n) is 14.7. The van der Waals surface area contributed by atoms with Crippen LogP contribution in [0.25, 0.3) is 0 Å². The van der Waals surface area contributed by atoms with E-state index < -0.39 is 6.04 Å². The predicted molar refractivity (Wildman–Crippen MR) is 164 cm³/mol. The first-order chi connectivity index (χ1) is 20.1. The predicted octanol–water partition coefficient (Wildman–Crippen LogP) is 8.20. The number of fused-ring (bicyclic) bond motifs is 1. The number of carbonyl (C=O) groups is 2. The number of nitrogens with one attached hydrogen (secondary N) is 1. The molecule has 0 radical (unpaired) electrons. The van der Waals surface area contributed by atoms with Crippen LogP contribution in [0, 0.1) is 0 Å². The molecular weight excluding hydrogens is 508 g/mol. The molecule has 5 rings (SSSR count). The van der Waals surface area contributed by atoms with Gasteiger partial charge in [-0.1, -0.05) is 93.3 Å². The summed E-state index contributed by atoms with van der Waals surface area (Å²) in [6, 6.07) is 32.1. The van der Waals surface area contributed by atoms with E-state index in [-0.39, 0.29) is 11.8 Å². The van der Waals surface area contributed by atoms with Crippen LogP contribution in [-0.2, 0) is 24.2 Å². The molecule has 0 aromatic heterocycles. The van der Waals surface area contributed by atoms with Gasteiger partial charge >= 0.3 is 0 Å². The van der Waals surface area contributed by atoms with Crippen LogP contribution >= 0.6 is 0 Å². The Hall–Kier alpha value is -4.38.